The zero-order valence-electron chi connectivity index (χ0n) is 18.0. The fourth-order valence-corrected chi connectivity index (χ4v) is 5.51. The van der Waals surface area contributed by atoms with Gasteiger partial charge in [-0.15, -0.1) is 0 Å². The Labute approximate surface area is 182 Å². The molecular formula is C26H26N2O3. The number of likely N-dealkylation sites (tertiary alicyclic amines) is 1. The van der Waals surface area contributed by atoms with Crippen LogP contribution < -0.4 is 4.90 Å². The van der Waals surface area contributed by atoms with Crippen LogP contribution in [0.4, 0.5) is 5.69 Å². The normalized spacial score (nSPS) is 27.5. The van der Waals surface area contributed by atoms with Crippen LogP contribution in [0.2, 0.25) is 0 Å². The summed E-state index contributed by atoms with van der Waals surface area (Å²) in [5.74, 6) is -1.67. The number of Topliss-reactive ketones (excluding diaryl/α,β-unsaturated/α-hetero) is 1. The molecule has 2 aromatic rings. The molecule has 3 heterocycles. The summed E-state index contributed by atoms with van der Waals surface area (Å²) in [5.41, 5.74) is 3.61. The fraction of sp³-hybridized carbons (Fsp3) is 0.346. The molecule has 5 rings (SSSR count). The Morgan fingerprint density at radius 3 is 2.32 bits per heavy atom. The number of amides is 2. The monoisotopic (exact) mass is 414 g/mol. The number of hydrogen-bond donors (Lipinski definition) is 0. The zero-order chi connectivity index (χ0) is 21.9. The van der Waals surface area contributed by atoms with Crippen LogP contribution in [-0.4, -0.2) is 40.6 Å². The highest BCUT2D eigenvalue weighted by Crippen LogP contribution is 2.50. The van der Waals surface area contributed by atoms with E-state index in [0.717, 1.165) is 16.8 Å². The summed E-state index contributed by atoms with van der Waals surface area (Å²) in [7, 11) is 0. The molecule has 2 saturated heterocycles. The van der Waals surface area contributed by atoms with Crippen LogP contribution in [0.5, 0.6) is 0 Å². The number of rotatable bonds is 4. The van der Waals surface area contributed by atoms with E-state index < -0.39 is 17.9 Å². The second kappa shape index (κ2) is 7.19. The third-order valence-corrected chi connectivity index (χ3v) is 7.15. The van der Waals surface area contributed by atoms with Crippen molar-refractivity contribution in [3.63, 3.8) is 0 Å². The van der Waals surface area contributed by atoms with Crippen molar-refractivity contribution in [1.82, 2.24) is 4.90 Å². The second-order valence-corrected chi connectivity index (χ2v) is 8.80. The Kier molecular flexibility index (Phi) is 4.58. The number of carbonyl (C=O) groups is 3. The van der Waals surface area contributed by atoms with Crippen molar-refractivity contribution >= 4 is 28.9 Å². The van der Waals surface area contributed by atoms with Gasteiger partial charge in [0.2, 0.25) is 11.8 Å². The van der Waals surface area contributed by atoms with E-state index in [-0.39, 0.29) is 29.7 Å². The smallest absolute Gasteiger partial charge is 0.236 e. The molecule has 0 saturated carbocycles. The number of imide groups is 1. The lowest BCUT2D eigenvalue weighted by Gasteiger charge is -2.38. The van der Waals surface area contributed by atoms with Gasteiger partial charge in [-0.05, 0) is 31.9 Å². The fourth-order valence-electron chi connectivity index (χ4n) is 5.51. The van der Waals surface area contributed by atoms with Crippen LogP contribution in [-0.2, 0) is 9.59 Å². The Hall–Kier alpha value is -3.21. The van der Waals surface area contributed by atoms with Crippen molar-refractivity contribution in [2.24, 2.45) is 11.8 Å². The molecule has 5 nitrogen and oxygen atoms in total. The van der Waals surface area contributed by atoms with Crippen molar-refractivity contribution < 1.29 is 14.4 Å². The molecule has 0 spiro atoms. The number of para-hydroxylation sites is 1. The van der Waals surface area contributed by atoms with Gasteiger partial charge in [0.25, 0.3) is 0 Å². The van der Waals surface area contributed by atoms with E-state index in [1.807, 2.05) is 68.1 Å². The van der Waals surface area contributed by atoms with Gasteiger partial charge in [0, 0.05) is 22.9 Å². The Morgan fingerprint density at radius 2 is 1.61 bits per heavy atom. The minimum atomic E-state index is -0.701. The largest absolute Gasteiger partial charge is 0.352 e. The number of ketones is 1. The van der Waals surface area contributed by atoms with Crippen LogP contribution in [0.25, 0.3) is 5.57 Å². The number of anilines is 1. The van der Waals surface area contributed by atoms with E-state index in [1.54, 1.807) is 12.1 Å². The number of carbonyl (C=O) groups excluding carboxylic acids is 3. The van der Waals surface area contributed by atoms with E-state index in [4.69, 9.17) is 0 Å². The molecule has 0 aromatic heterocycles. The van der Waals surface area contributed by atoms with Gasteiger partial charge in [-0.25, -0.2) is 0 Å². The molecule has 2 fully saturated rings. The summed E-state index contributed by atoms with van der Waals surface area (Å²) >= 11 is 0. The molecule has 3 aliphatic heterocycles. The van der Waals surface area contributed by atoms with E-state index in [2.05, 4.69) is 6.08 Å². The molecule has 5 atom stereocenters. The first kappa shape index (κ1) is 19.7. The van der Waals surface area contributed by atoms with Gasteiger partial charge in [-0.3, -0.25) is 19.3 Å². The molecule has 0 bridgehead atoms. The lowest BCUT2D eigenvalue weighted by atomic mass is 9.85. The summed E-state index contributed by atoms with van der Waals surface area (Å²) in [6.07, 6.45) is 2.77. The first-order valence-corrected chi connectivity index (χ1v) is 11.0. The van der Waals surface area contributed by atoms with Crippen molar-refractivity contribution in [1.29, 1.82) is 0 Å². The maximum absolute atomic E-state index is 13.8. The van der Waals surface area contributed by atoms with Gasteiger partial charge >= 0.3 is 0 Å². The number of hydrogen-bond acceptors (Lipinski definition) is 4. The van der Waals surface area contributed by atoms with Gasteiger partial charge in [0.15, 0.2) is 5.78 Å². The average molecular weight is 415 g/mol. The minimum absolute atomic E-state index is 0.104. The van der Waals surface area contributed by atoms with E-state index >= 15 is 0 Å². The topological polar surface area (TPSA) is 57.7 Å². The lowest BCUT2D eigenvalue weighted by molar-refractivity contribution is -0.142. The molecule has 3 aliphatic rings. The molecule has 0 unspecified atom stereocenters. The van der Waals surface area contributed by atoms with Crippen LogP contribution in [0.15, 0.2) is 60.7 Å². The van der Waals surface area contributed by atoms with Crippen molar-refractivity contribution in [2.75, 3.05) is 4.90 Å². The number of allylic oxidation sites excluding steroid dienone is 1. The highest BCUT2D eigenvalue weighted by molar-refractivity contribution is 6.14. The van der Waals surface area contributed by atoms with Gasteiger partial charge < -0.3 is 4.90 Å². The summed E-state index contributed by atoms with van der Waals surface area (Å²) in [6.45, 7) is 5.91. The summed E-state index contributed by atoms with van der Waals surface area (Å²) in [6, 6.07) is 15.9. The molecule has 5 heteroatoms. The Bertz CT molecular complexity index is 1110. The second-order valence-electron chi connectivity index (χ2n) is 8.80. The van der Waals surface area contributed by atoms with Crippen molar-refractivity contribution in [2.45, 2.75) is 45.3 Å². The van der Waals surface area contributed by atoms with E-state index in [9.17, 15) is 14.4 Å². The third kappa shape index (κ3) is 2.72. The van der Waals surface area contributed by atoms with Crippen LogP contribution >= 0.6 is 0 Å². The number of nitrogens with zero attached hydrogens (tertiary/aromatic N) is 2. The Balaban J connectivity index is 1.69. The van der Waals surface area contributed by atoms with E-state index in [1.165, 1.54) is 4.90 Å². The molecule has 158 valence electrons. The maximum atomic E-state index is 13.8. The highest BCUT2D eigenvalue weighted by atomic mass is 16.2. The first-order chi connectivity index (χ1) is 15.0. The van der Waals surface area contributed by atoms with Crippen LogP contribution in [0.1, 0.15) is 43.1 Å². The van der Waals surface area contributed by atoms with Crippen LogP contribution in [0, 0.1) is 11.8 Å². The maximum Gasteiger partial charge on any atom is 0.236 e. The predicted octanol–water partition coefficient (Wildman–Crippen LogP) is 3.94. The molecule has 2 amide bonds. The predicted molar refractivity (Wildman–Crippen MR) is 120 cm³/mol. The van der Waals surface area contributed by atoms with Gasteiger partial charge in [0.1, 0.15) is 6.04 Å². The SMILES string of the molecule is CC[C@@H](C)N1C(=O)[C@@H]2[C@H](C1=O)[C@@H]1C=C(C)c3ccccc3N1[C@@H]2C(=O)c1ccccc1. The van der Waals surface area contributed by atoms with Gasteiger partial charge in [-0.1, -0.05) is 61.5 Å². The molecule has 0 N–H and O–H groups in total. The summed E-state index contributed by atoms with van der Waals surface area (Å²) in [4.78, 5) is 44.3. The third-order valence-electron chi connectivity index (χ3n) is 7.15. The lowest BCUT2D eigenvalue weighted by Crippen LogP contribution is -2.50. The molecule has 2 aromatic carbocycles. The minimum Gasteiger partial charge on any atom is -0.352 e. The van der Waals surface area contributed by atoms with Gasteiger partial charge in [-0.2, -0.15) is 0 Å². The standard InChI is InChI=1S/C26H26N2O3/c1-4-16(3)27-25(30)21-20-14-15(2)18-12-8-9-13-19(18)28(20)23(22(21)26(27)31)24(29)17-10-6-5-7-11-17/h5-14,16,20-23H,4H2,1-3H3/t16-,20+,21-,22-,23+/m1/s1. The van der Waals surface area contributed by atoms with Gasteiger partial charge in [0.05, 0.1) is 17.9 Å². The molecule has 0 radical (unpaired) electrons. The molecular weight excluding hydrogens is 388 g/mol. The van der Waals surface area contributed by atoms with Crippen LogP contribution in [0.3, 0.4) is 0 Å². The number of fused-ring (bicyclic) bond motifs is 5. The summed E-state index contributed by atoms with van der Waals surface area (Å²) in [5, 5.41) is 0. The highest BCUT2D eigenvalue weighted by Gasteiger charge is 2.64. The molecule has 0 aliphatic carbocycles. The number of benzene rings is 2. The first-order valence-electron chi connectivity index (χ1n) is 11.0. The molecule has 31 heavy (non-hydrogen) atoms. The average Bonchev–Trinajstić information content (AvgIpc) is 3.26. The van der Waals surface area contributed by atoms with Crippen molar-refractivity contribution in [3.05, 3.63) is 71.8 Å². The Morgan fingerprint density at radius 1 is 0.968 bits per heavy atom. The quantitative estimate of drug-likeness (QED) is 0.562. The summed E-state index contributed by atoms with van der Waals surface area (Å²) < 4.78 is 0. The zero-order valence-corrected chi connectivity index (χ0v) is 18.0. The van der Waals surface area contributed by atoms with Crippen molar-refractivity contribution in [3.8, 4) is 0 Å². The van der Waals surface area contributed by atoms with E-state index in [0.29, 0.717) is 12.0 Å².